The van der Waals surface area contributed by atoms with Gasteiger partial charge in [-0.2, -0.15) is 4.39 Å². The molecule has 0 unspecified atom stereocenters. The van der Waals surface area contributed by atoms with Crippen molar-refractivity contribution in [2.45, 2.75) is 12.8 Å². The Morgan fingerprint density at radius 1 is 0.733 bits per heavy atom. The number of hydrogen-bond acceptors (Lipinski definition) is 7. The molecule has 0 aliphatic carbocycles. The fourth-order valence-corrected chi connectivity index (χ4v) is 3.52. The summed E-state index contributed by atoms with van der Waals surface area (Å²) in [7, 11) is 0. The molecule has 0 saturated heterocycles. The average molecular weight is 607 g/mol. The molecule has 0 aromatic heterocycles. The van der Waals surface area contributed by atoms with Crippen LogP contribution in [0.2, 0.25) is 0 Å². The molecular formula is C37H31FO7. The van der Waals surface area contributed by atoms with Gasteiger partial charge >= 0.3 is 17.9 Å². The lowest BCUT2D eigenvalue weighted by molar-refractivity contribution is -0.138. The van der Waals surface area contributed by atoms with E-state index in [0.717, 1.165) is 22.8 Å². The molecule has 0 radical (unpaired) electrons. The van der Waals surface area contributed by atoms with Crippen LogP contribution in [0.3, 0.4) is 0 Å². The number of ether oxygens (including phenoxy) is 4. The Kier molecular flexibility index (Phi) is 12.9. The van der Waals surface area contributed by atoms with Crippen LogP contribution in [0, 0.1) is 11.8 Å². The summed E-state index contributed by atoms with van der Waals surface area (Å²) in [6.07, 6.45) is 5.93. The Labute approximate surface area is 261 Å². The van der Waals surface area contributed by atoms with Gasteiger partial charge in [0, 0.05) is 17.2 Å². The van der Waals surface area contributed by atoms with Crippen LogP contribution in [0.25, 0.3) is 11.1 Å². The highest BCUT2D eigenvalue weighted by atomic mass is 19.1. The van der Waals surface area contributed by atoms with Gasteiger partial charge in [0.25, 0.3) is 0 Å². The third-order valence-corrected chi connectivity index (χ3v) is 5.88. The number of carbonyl (C=O) groups is 3. The molecule has 0 saturated carbocycles. The molecule has 0 amide bonds. The van der Waals surface area contributed by atoms with Crippen molar-refractivity contribution in [1.29, 1.82) is 0 Å². The smallest absolute Gasteiger partial charge is 0.371 e. The zero-order valence-electron chi connectivity index (χ0n) is 24.6. The molecule has 3 rings (SSSR count). The highest BCUT2D eigenvalue weighted by molar-refractivity contribution is 5.91. The number of hydrogen-bond donors (Lipinski definition) is 0. The van der Waals surface area contributed by atoms with E-state index in [9.17, 15) is 18.8 Å². The summed E-state index contributed by atoms with van der Waals surface area (Å²) in [4.78, 5) is 34.8. The minimum Gasteiger partial charge on any atom is -0.494 e. The highest BCUT2D eigenvalue weighted by Crippen LogP contribution is 2.23. The second kappa shape index (κ2) is 17.2. The fraction of sp³-hybridized carbons (Fsp3) is 0.108. The summed E-state index contributed by atoms with van der Waals surface area (Å²) in [5, 5.41) is 0. The van der Waals surface area contributed by atoms with E-state index in [4.69, 9.17) is 18.9 Å². The largest absolute Gasteiger partial charge is 0.494 e. The average Bonchev–Trinajstić information content (AvgIpc) is 3.05. The van der Waals surface area contributed by atoms with E-state index in [1.165, 1.54) is 24.3 Å². The van der Waals surface area contributed by atoms with Crippen LogP contribution in [0.1, 0.15) is 28.8 Å². The Morgan fingerprint density at radius 2 is 1.29 bits per heavy atom. The first-order chi connectivity index (χ1) is 21.6. The Hall–Kier alpha value is -5.94. The molecule has 45 heavy (non-hydrogen) atoms. The van der Waals surface area contributed by atoms with Crippen LogP contribution in [-0.4, -0.2) is 31.1 Å². The Morgan fingerprint density at radius 3 is 1.87 bits per heavy atom. The highest BCUT2D eigenvalue weighted by Gasteiger charge is 2.11. The number of carbonyl (C=O) groups excluding carboxylic acids is 3. The monoisotopic (exact) mass is 606 g/mol. The van der Waals surface area contributed by atoms with E-state index in [2.05, 4.69) is 38.2 Å². The Balaban J connectivity index is 1.46. The molecule has 3 aromatic rings. The maximum absolute atomic E-state index is 12.8. The van der Waals surface area contributed by atoms with Gasteiger partial charge in [0.1, 0.15) is 17.3 Å². The third kappa shape index (κ3) is 11.7. The number of halogens is 1. The van der Waals surface area contributed by atoms with E-state index in [1.54, 1.807) is 24.3 Å². The molecule has 0 heterocycles. The van der Waals surface area contributed by atoms with E-state index in [0.29, 0.717) is 43.0 Å². The molecule has 7 nitrogen and oxygen atoms in total. The number of unbranched alkanes of at least 4 members (excludes halogenated alkanes) is 1. The topological polar surface area (TPSA) is 88.1 Å². The van der Waals surface area contributed by atoms with Crippen LogP contribution in [0.4, 0.5) is 4.39 Å². The van der Waals surface area contributed by atoms with Gasteiger partial charge in [0.2, 0.25) is 5.83 Å². The zero-order chi connectivity index (χ0) is 32.6. The van der Waals surface area contributed by atoms with Gasteiger partial charge in [-0.15, -0.1) is 0 Å². The van der Waals surface area contributed by atoms with Crippen molar-refractivity contribution in [3.05, 3.63) is 146 Å². The number of rotatable bonds is 14. The van der Waals surface area contributed by atoms with Crippen LogP contribution < -0.4 is 9.47 Å². The number of esters is 3. The number of allylic oxidation sites excluding steroid dienone is 3. The molecule has 0 aliphatic rings. The molecule has 0 atom stereocenters. The van der Waals surface area contributed by atoms with Gasteiger partial charge in [-0.25, -0.2) is 14.4 Å². The summed E-state index contributed by atoms with van der Waals surface area (Å²) in [5.74, 6) is 3.44. The summed E-state index contributed by atoms with van der Waals surface area (Å²) in [6.45, 7) is 14.8. The second-order valence-corrected chi connectivity index (χ2v) is 9.31. The fourth-order valence-electron chi connectivity index (χ4n) is 3.52. The van der Waals surface area contributed by atoms with E-state index in [-0.39, 0.29) is 11.5 Å². The molecular weight excluding hydrogens is 575 g/mol. The molecule has 0 N–H and O–H groups in total. The number of benzene rings is 3. The Bertz CT molecular complexity index is 1650. The van der Waals surface area contributed by atoms with Crippen molar-refractivity contribution in [2.75, 3.05) is 13.2 Å². The standard InChI is InChI=1S/C37H31FO7/c1-5-35(39)43-25-7-6-24-42-27(3)10-8-26(2)9-11-29-12-14-30(15-13-29)31-16-18-32(19-17-31)37(41)45-34-22-20-33(21-23-34)44-36(40)28(4)38/h5,8,10,12-23H,1-4,6-7,24-25H2/b10-8-. The third-order valence-electron chi connectivity index (χ3n) is 5.88. The predicted molar refractivity (Wildman–Crippen MR) is 170 cm³/mol. The normalized spacial score (nSPS) is 10.2. The van der Waals surface area contributed by atoms with Crippen molar-refractivity contribution in [2.24, 2.45) is 0 Å². The molecule has 0 fully saturated rings. The van der Waals surface area contributed by atoms with E-state index in [1.807, 2.05) is 36.4 Å². The summed E-state index contributed by atoms with van der Waals surface area (Å²) >= 11 is 0. The van der Waals surface area contributed by atoms with E-state index < -0.39 is 23.7 Å². The van der Waals surface area contributed by atoms with E-state index >= 15 is 0 Å². The van der Waals surface area contributed by atoms with Gasteiger partial charge in [0.15, 0.2) is 0 Å². The van der Waals surface area contributed by atoms with Gasteiger partial charge < -0.3 is 18.9 Å². The molecule has 0 spiro atoms. The van der Waals surface area contributed by atoms with Crippen molar-refractivity contribution in [3.63, 3.8) is 0 Å². The quantitative estimate of drug-likeness (QED) is 0.0358. The van der Waals surface area contributed by atoms with Crippen molar-refractivity contribution in [1.82, 2.24) is 0 Å². The second-order valence-electron chi connectivity index (χ2n) is 9.31. The van der Waals surface area contributed by atoms with Gasteiger partial charge in [-0.1, -0.05) is 62.4 Å². The lowest BCUT2D eigenvalue weighted by atomic mass is 10.0. The van der Waals surface area contributed by atoms with Crippen LogP contribution in [0.15, 0.2) is 134 Å². The first-order valence-corrected chi connectivity index (χ1v) is 13.7. The van der Waals surface area contributed by atoms with Crippen molar-refractivity contribution in [3.8, 4) is 34.5 Å². The minimum atomic E-state index is -1.21. The molecule has 0 bridgehead atoms. The van der Waals surface area contributed by atoms with Crippen LogP contribution >= 0.6 is 0 Å². The van der Waals surface area contributed by atoms with Gasteiger partial charge in [-0.05, 0) is 84.7 Å². The van der Waals surface area contributed by atoms with Crippen LogP contribution in [0.5, 0.6) is 11.5 Å². The predicted octanol–water partition coefficient (Wildman–Crippen LogP) is 7.47. The summed E-state index contributed by atoms with van der Waals surface area (Å²) in [5.41, 5.74) is 3.57. The molecule has 8 heteroatoms. The summed E-state index contributed by atoms with van der Waals surface area (Å²) < 4.78 is 33.3. The first-order valence-electron chi connectivity index (χ1n) is 13.7. The zero-order valence-corrected chi connectivity index (χ0v) is 24.6. The maximum Gasteiger partial charge on any atom is 0.371 e. The van der Waals surface area contributed by atoms with Gasteiger partial charge in [-0.3, -0.25) is 0 Å². The lowest BCUT2D eigenvalue weighted by Crippen LogP contribution is -2.09. The maximum atomic E-state index is 12.8. The van der Waals surface area contributed by atoms with Gasteiger partial charge in [0.05, 0.1) is 18.8 Å². The van der Waals surface area contributed by atoms with Crippen molar-refractivity contribution < 1.29 is 37.7 Å². The first kappa shape index (κ1) is 33.6. The van der Waals surface area contributed by atoms with Crippen LogP contribution in [-0.2, 0) is 19.1 Å². The lowest BCUT2D eigenvalue weighted by Gasteiger charge is -2.07. The molecule has 228 valence electrons. The molecule has 3 aromatic carbocycles. The molecule has 0 aliphatic heterocycles. The van der Waals surface area contributed by atoms with Crippen molar-refractivity contribution >= 4 is 17.9 Å². The summed E-state index contributed by atoms with van der Waals surface area (Å²) in [6, 6.07) is 20.2. The minimum absolute atomic E-state index is 0.0877. The SMILES string of the molecule is C=CC(=O)OCCCCOC(=C)/C=C\C(=C)C#Cc1ccc(-c2ccc(C(=O)Oc3ccc(OC(=O)C(=C)F)cc3)cc2)cc1.